The molecule has 0 N–H and O–H groups in total. The van der Waals surface area contributed by atoms with Crippen molar-refractivity contribution >= 4 is 14.3 Å². The van der Waals surface area contributed by atoms with Gasteiger partial charge in [-0.3, -0.25) is 9.78 Å². The molecule has 5 heteroatoms. The molecule has 0 spiro atoms. The second-order valence-corrected chi connectivity index (χ2v) is 11.5. The van der Waals surface area contributed by atoms with Crippen molar-refractivity contribution in [1.29, 1.82) is 0 Å². The van der Waals surface area contributed by atoms with Gasteiger partial charge in [0.15, 0.2) is 8.32 Å². The lowest BCUT2D eigenvalue weighted by molar-refractivity contribution is -0.142. The molecule has 0 aliphatic rings. The highest BCUT2D eigenvalue weighted by molar-refractivity contribution is 6.74. The summed E-state index contributed by atoms with van der Waals surface area (Å²) in [5.41, 5.74) is 0.739. The fourth-order valence-corrected chi connectivity index (χ4v) is 2.82. The van der Waals surface area contributed by atoms with Gasteiger partial charge in [0.25, 0.3) is 0 Å². The van der Waals surface area contributed by atoms with Gasteiger partial charge in [0.05, 0.1) is 12.8 Å². The van der Waals surface area contributed by atoms with Crippen molar-refractivity contribution in [2.75, 3.05) is 13.7 Å². The Morgan fingerprint density at radius 2 is 2.00 bits per heavy atom. The Morgan fingerprint density at radius 3 is 2.48 bits per heavy atom. The van der Waals surface area contributed by atoms with Gasteiger partial charge in [-0.25, -0.2) is 0 Å². The second kappa shape index (κ2) is 7.18. The summed E-state index contributed by atoms with van der Waals surface area (Å²) in [6.07, 6.45) is 2.29. The summed E-state index contributed by atoms with van der Waals surface area (Å²) in [5.74, 6) is -0.617. The molecule has 0 aromatic carbocycles. The van der Waals surface area contributed by atoms with Crippen molar-refractivity contribution in [3.8, 4) is 0 Å². The highest BCUT2D eigenvalue weighted by Gasteiger charge is 2.37. The number of carbonyl (C=O) groups is 1. The van der Waals surface area contributed by atoms with Crippen LogP contribution < -0.4 is 0 Å². The first kappa shape index (κ1) is 17.8. The normalized spacial score (nSPS) is 13.8. The highest BCUT2D eigenvalue weighted by Crippen LogP contribution is 2.36. The first-order valence-electron chi connectivity index (χ1n) is 7.32. The van der Waals surface area contributed by atoms with Crippen LogP contribution in [0.3, 0.4) is 0 Å². The molecule has 21 heavy (non-hydrogen) atoms. The molecule has 0 amide bonds. The quantitative estimate of drug-likeness (QED) is 0.593. The fourth-order valence-electron chi connectivity index (χ4n) is 1.76. The summed E-state index contributed by atoms with van der Waals surface area (Å²) in [6.45, 7) is 11.6. The predicted molar refractivity (Wildman–Crippen MR) is 86.8 cm³/mol. The van der Waals surface area contributed by atoms with Crippen molar-refractivity contribution in [1.82, 2.24) is 4.98 Å². The molecule has 118 valence electrons. The molecule has 0 fully saturated rings. The van der Waals surface area contributed by atoms with E-state index in [2.05, 4.69) is 38.8 Å². The minimum Gasteiger partial charge on any atom is -0.469 e. The minimum absolute atomic E-state index is 0.165. The summed E-state index contributed by atoms with van der Waals surface area (Å²) >= 11 is 0. The van der Waals surface area contributed by atoms with Crippen LogP contribution in [0.5, 0.6) is 0 Å². The van der Waals surface area contributed by atoms with E-state index in [0.29, 0.717) is 13.0 Å². The number of carbonyl (C=O) groups excluding carboxylic acids is 1. The van der Waals surface area contributed by atoms with Crippen LogP contribution in [-0.2, 0) is 14.0 Å². The number of pyridine rings is 1. The van der Waals surface area contributed by atoms with Gasteiger partial charge in [-0.1, -0.05) is 26.8 Å². The van der Waals surface area contributed by atoms with E-state index in [1.165, 1.54) is 7.11 Å². The van der Waals surface area contributed by atoms with Crippen LogP contribution in [0, 0.1) is 0 Å². The number of esters is 1. The van der Waals surface area contributed by atoms with E-state index in [-0.39, 0.29) is 16.9 Å². The molecule has 1 unspecified atom stereocenters. The highest BCUT2D eigenvalue weighted by atomic mass is 28.4. The maximum absolute atomic E-state index is 12.0. The predicted octanol–water partition coefficient (Wildman–Crippen LogP) is 3.75. The van der Waals surface area contributed by atoms with Crippen molar-refractivity contribution in [3.63, 3.8) is 0 Å². The molecule has 0 saturated heterocycles. The standard InChI is InChI=1S/C16H27NO3Si/c1-16(2,3)21(5,6)20-12-10-13(15(18)19-4)14-9-7-8-11-17-14/h7-9,11,13H,10,12H2,1-6H3. The fraction of sp³-hybridized carbons (Fsp3) is 0.625. The minimum atomic E-state index is -1.79. The molecule has 0 bridgehead atoms. The number of hydrogen-bond acceptors (Lipinski definition) is 4. The molecule has 0 aliphatic carbocycles. The molecule has 1 aromatic heterocycles. The maximum atomic E-state index is 12.0. The Morgan fingerprint density at radius 1 is 1.33 bits per heavy atom. The Hall–Kier alpha value is -1.20. The SMILES string of the molecule is COC(=O)C(CCO[Si](C)(C)C(C)(C)C)c1ccccn1. The topological polar surface area (TPSA) is 48.4 Å². The average molecular weight is 309 g/mol. The van der Waals surface area contributed by atoms with E-state index in [9.17, 15) is 4.79 Å². The zero-order chi connectivity index (χ0) is 16.1. The smallest absolute Gasteiger partial charge is 0.314 e. The van der Waals surface area contributed by atoms with E-state index >= 15 is 0 Å². The number of methoxy groups -OCH3 is 1. The molecule has 1 aromatic rings. The first-order valence-corrected chi connectivity index (χ1v) is 10.2. The van der Waals surface area contributed by atoms with Gasteiger partial charge in [-0.05, 0) is 36.7 Å². The molecule has 1 heterocycles. The van der Waals surface area contributed by atoms with Crippen LogP contribution in [0.2, 0.25) is 18.1 Å². The summed E-state index contributed by atoms with van der Waals surface area (Å²) in [6, 6.07) is 5.57. The van der Waals surface area contributed by atoms with Crippen molar-refractivity contribution in [2.24, 2.45) is 0 Å². The molecular formula is C16H27NO3Si. The Labute approximate surface area is 129 Å². The first-order chi connectivity index (χ1) is 9.69. The van der Waals surface area contributed by atoms with Gasteiger partial charge in [0.1, 0.15) is 5.92 Å². The van der Waals surface area contributed by atoms with Crippen LogP contribution in [-0.4, -0.2) is 33.0 Å². The number of hydrogen-bond donors (Lipinski definition) is 0. The van der Waals surface area contributed by atoms with Crippen LogP contribution in [0.25, 0.3) is 0 Å². The molecule has 0 saturated carbocycles. The third-order valence-electron chi connectivity index (χ3n) is 4.21. The second-order valence-electron chi connectivity index (χ2n) is 6.73. The van der Waals surface area contributed by atoms with Gasteiger partial charge in [0.2, 0.25) is 0 Å². The van der Waals surface area contributed by atoms with Gasteiger partial charge in [0, 0.05) is 12.8 Å². The number of rotatable bonds is 6. The van der Waals surface area contributed by atoms with Crippen LogP contribution in [0.4, 0.5) is 0 Å². The number of aromatic nitrogens is 1. The molecular weight excluding hydrogens is 282 g/mol. The van der Waals surface area contributed by atoms with Crippen molar-refractivity contribution in [2.45, 2.75) is 51.2 Å². The lowest BCUT2D eigenvalue weighted by Crippen LogP contribution is -2.41. The number of nitrogens with zero attached hydrogens (tertiary/aromatic N) is 1. The van der Waals surface area contributed by atoms with Crippen LogP contribution in [0.15, 0.2) is 24.4 Å². The Bertz CT molecular complexity index is 454. The summed E-state index contributed by atoms with van der Waals surface area (Å²) in [5, 5.41) is 0.165. The number of ether oxygens (including phenoxy) is 1. The van der Waals surface area contributed by atoms with Gasteiger partial charge >= 0.3 is 5.97 Å². The molecule has 1 rings (SSSR count). The van der Waals surface area contributed by atoms with E-state index in [1.54, 1.807) is 6.20 Å². The van der Waals surface area contributed by atoms with Crippen molar-refractivity contribution in [3.05, 3.63) is 30.1 Å². The molecule has 1 atom stereocenters. The molecule has 4 nitrogen and oxygen atoms in total. The van der Waals surface area contributed by atoms with Crippen LogP contribution in [0.1, 0.15) is 38.8 Å². The third-order valence-corrected chi connectivity index (χ3v) is 8.74. The maximum Gasteiger partial charge on any atom is 0.314 e. The lowest BCUT2D eigenvalue weighted by Gasteiger charge is -2.36. The summed E-state index contributed by atoms with van der Waals surface area (Å²) < 4.78 is 11.0. The summed E-state index contributed by atoms with van der Waals surface area (Å²) in [4.78, 5) is 16.2. The summed E-state index contributed by atoms with van der Waals surface area (Å²) in [7, 11) is -0.380. The Kier molecular flexibility index (Phi) is 6.10. The van der Waals surface area contributed by atoms with E-state index in [4.69, 9.17) is 9.16 Å². The zero-order valence-corrected chi connectivity index (χ0v) is 15.0. The van der Waals surface area contributed by atoms with E-state index in [0.717, 1.165) is 5.69 Å². The molecule has 0 aliphatic heterocycles. The molecule has 0 radical (unpaired) electrons. The van der Waals surface area contributed by atoms with Gasteiger partial charge < -0.3 is 9.16 Å². The van der Waals surface area contributed by atoms with Crippen LogP contribution >= 0.6 is 0 Å². The zero-order valence-electron chi connectivity index (χ0n) is 14.0. The third kappa shape index (κ3) is 4.93. The lowest BCUT2D eigenvalue weighted by atomic mass is 10.0. The van der Waals surface area contributed by atoms with E-state index in [1.807, 2.05) is 18.2 Å². The largest absolute Gasteiger partial charge is 0.469 e. The monoisotopic (exact) mass is 309 g/mol. The van der Waals surface area contributed by atoms with E-state index < -0.39 is 8.32 Å². The Balaban J connectivity index is 2.70. The average Bonchev–Trinajstić information content (AvgIpc) is 2.42. The van der Waals surface area contributed by atoms with Crippen molar-refractivity contribution < 1.29 is 14.0 Å². The van der Waals surface area contributed by atoms with Gasteiger partial charge in [-0.15, -0.1) is 0 Å². The van der Waals surface area contributed by atoms with Gasteiger partial charge in [-0.2, -0.15) is 0 Å².